The second kappa shape index (κ2) is 4.70. The van der Waals surface area contributed by atoms with Crippen molar-refractivity contribution in [1.82, 2.24) is 4.57 Å². The molecule has 0 bridgehead atoms. The van der Waals surface area contributed by atoms with Crippen molar-refractivity contribution in [3.63, 3.8) is 0 Å². The van der Waals surface area contributed by atoms with Crippen LogP contribution in [0.15, 0.2) is 30.5 Å². The minimum absolute atomic E-state index is 0.316. The Labute approximate surface area is 117 Å². The molecule has 0 amide bonds. The highest BCUT2D eigenvalue weighted by molar-refractivity contribution is 5.80. The Kier molecular flexibility index (Phi) is 3.51. The SMILES string of the molecule is CC(C)(C)Cc1ccc2c(ccn2CC(C)(C)C)c1. The number of nitrogens with zero attached hydrogens (tertiary/aromatic N) is 1. The van der Waals surface area contributed by atoms with E-state index in [4.69, 9.17) is 0 Å². The van der Waals surface area contributed by atoms with Crippen LogP contribution >= 0.6 is 0 Å². The molecule has 0 saturated carbocycles. The molecule has 0 aliphatic heterocycles. The molecule has 1 aromatic heterocycles. The van der Waals surface area contributed by atoms with Crippen molar-refractivity contribution in [2.24, 2.45) is 10.8 Å². The Bertz CT molecular complexity index is 561. The maximum atomic E-state index is 2.37. The van der Waals surface area contributed by atoms with Crippen molar-refractivity contribution in [2.75, 3.05) is 0 Å². The van der Waals surface area contributed by atoms with Gasteiger partial charge in [0.25, 0.3) is 0 Å². The Morgan fingerprint density at radius 3 is 2.16 bits per heavy atom. The van der Waals surface area contributed by atoms with Gasteiger partial charge in [0.1, 0.15) is 0 Å². The van der Waals surface area contributed by atoms with Gasteiger partial charge in [0.05, 0.1) is 0 Å². The summed E-state index contributed by atoms with van der Waals surface area (Å²) in [6.07, 6.45) is 3.35. The number of fused-ring (bicyclic) bond motifs is 1. The van der Waals surface area contributed by atoms with Crippen LogP contribution in [-0.2, 0) is 13.0 Å². The van der Waals surface area contributed by atoms with Gasteiger partial charge in [-0.15, -0.1) is 0 Å². The fourth-order valence-corrected chi connectivity index (χ4v) is 2.62. The summed E-state index contributed by atoms with van der Waals surface area (Å²) in [4.78, 5) is 0. The van der Waals surface area contributed by atoms with Crippen molar-refractivity contribution in [1.29, 1.82) is 0 Å². The van der Waals surface area contributed by atoms with Crippen LogP contribution in [0.4, 0.5) is 0 Å². The van der Waals surface area contributed by atoms with Crippen molar-refractivity contribution >= 4 is 10.9 Å². The Morgan fingerprint density at radius 2 is 1.58 bits per heavy atom. The lowest BCUT2D eigenvalue weighted by Gasteiger charge is -2.20. The first-order chi connectivity index (χ1) is 8.64. The molecule has 104 valence electrons. The van der Waals surface area contributed by atoms with Gasteiger partial charge in [0, 0.05) is 18.3 Å². The molecule has 0 aliphatic carbocycles. The zero-order valence-corrected chi connectivity index (χ0v) is 13.2. The quantitative estimate of drug-likeness (QED) is 0.690. The summed E-state index contributed by atoms with van der Waals surface area (Å²) in [5.74, 6) is 0. The summed E-state index contributed by atoms with van der Waals surface area (Å²) in [6.45, 7) is 14.8. The smallest absolute Gasteiger partial charge is 0.0480 e. The first-order valence-electron chi connectivity index (χ1n) is 7.22. The van der Waals surface area contributed by atoms with E-state index < -0.39 is 0 Å². The van der Waals surface area contributed by atoms with E-state index in [2.05, 4.69) is 76.6 Å². The second-order valence-corrected chi connectivity index (χ2v) is 8.13. The third-order valence-electron chi connectivity index (χ3n) is 3.21. The summed E-state index contributed by atoms with van der Waals surface area (Å²) in [5, 5.41) is 1.37. The molecule has 0 atom stereocenters. The monoisotopic (exact) mass is 257 g/mol. The standard InChI is InChI=1S/C18H27N/c1-17(2,3)12-14-7-8-16-15(11-14)9-10-19(16)13-18(4,5)6/h7-11H,12-13H2,1-6H3. The third kappa shape index (κ3) is 3.86. The van der Waals surface area contributed by atoms with Gasteiger partial charge in [-0.25, -0.2) is 0 Å². The molecule has 0 unspecified atom stereocenters. The molecule has 1 heterocycles. The summed E-state index contributed by atoms with van der Waals surface area (Å²) in [5.41, 5.74) is 3.46. The average Bonchev–Trinajstić information content (AvgIpc) is 2.56. The zero-order chi connectivity index (χ0) is 14.3. The van der Waals surface area contributed by atoms with Gasteiger partial charge in [-0.2, -0.15) is 0 Å². The molecule has 0 fully saturated rings. The predicted molar refractivity (Wildman–Crippen MR) is 84.6 cm³/mol. The molecule has 2 rings (SSSR count). The first-order valence-corrected chi connectivity index (χ1v) is 7.22. The van der Waals surface area contributed by atoms with Gasteiger partial charge in [-0.3, -0.25) is 0 Å². The largest absolute Gasteiger partial charge is 0.347 e. The summed E-state index contributed by atoms with van der Waals surface area (Å²) >= 11 is 0. The highest BCUT2D eigenvalue weighted by atomic mass is 15.0. The van der Waals surface area contributed by atoms with E-state index in [0.29, 0.717) is 10.8 Å². The van der Waals surface area contributed by atoms with Crippen molar-refractivity contribution < 1.29 is 0 Å². The summed E-state index contributed by atoms with van der Waals surface area (Å²) < 4.78 is 2.37. The number of hydrogen-bond donors (Lipinski definition) is 0. The van der Waals surface area contributed by atoms with Crippen LogP contribution in [0, 0.1) is 10.8 Å². The molecule has 0 aliphatic rings. The van der Waals surface area contributed by atoms with Crippen LogP contribution in [0.2, 0.25) is 0 Å². The van der Waals surface area contributed by atoms with E-state index >= 15 is 0 Å². The van der Waals surface area contributed by atoms with Crippen LogP contribution in [0.25, 0.3) is 10.9 Å². The Balaban J connectivity index is 2.32. The van der Waals surface area contributed by atoms with Crippen molar-refractivity contribution in [3.05, 3.63) is 36.0 Å². The van der Waals surface area contributed by atoms with Gasteiger partial charge in [0.15, 0.2) is 0 Å². The van der Waals surface area contributed by atoms with Crippen LogP contribution in [-0.4, -0.2) is 4.57 Å². The lowest BCUT2D eigenvalue weighted by molar-refractivity contribution is 0.349. The fraction of sp³-hybridized carbons (Fsp3) is 0.556. The first kappa shape index (κ1) is 14.2. The van der Waals surface area contributed by atoms with E-state index in [1.807, 2.05) is 0 Å². The molecule has 0 saturated heterocycles. The maximum absolute atomic E-state index is 2.37. The minimum Gasteiger partial charge on any atom is -0.347 e. The number of benzene rings is 1. The van der Waals surface area contributed by atoms with Gasteiger partial charge in [-0.05, 0) is 46.4 Å². The van der Waals surface area contributed by atoms with Crippen LogP contribution in [0.3, 0.4) is 0 Å². The molecule has 2 aromatic rings. The maximum Gasteiger partial charge on any atom is 0.0480 e. The number of hydrogen-bond acceptors (Lipinski definition) is 0. The van der Waals surface area contributed by atoms with Crippen molar-refractivity contribution in [3.8, 4) is 0 Å². The molecule has 0 N–H and O–H groups in total. The van der Waals surface area contributed by atoms with Gasteiger partial charge in [0.2, 0.25) is 0 Å². The van der Waals surface area contributed by atoms with E-state index in [1.54, 1.807) is 0 Å². The van der Waals surface area contributed by atoms with Crippen LogP contribution < -0.4 is 0 Å². The predicted octanol–water partition coefficient (Wildman–Crippen LogP) is 5.28. The van der Waals surface area contributed by atoms with E-state index in [9.17, 15) is 0 Å². The van der Waals surface area contributed by atoms with Gasteiger partial charge >= 0.3 is 0 Å². The molecule has 1 nitrogen and oxygen atoms in total. The molecule has 19 heavy (non-hydrogen) atoms. The lowest BCUT2D eigenvalue weighted by Crippen LogP contribution is -2.14. The zero-order valence-electron chi connectivity index (χ0n) is 13.2. The average molecular weight is 257 g/mol. The number of rotatable bonds is 2. The molecule has 0 radical (unpaired) electrons. The molecular formula is C18H27N. The summed E-state index contributed by atoms with van der Waals surface area (Å²) in [7, 11) is 0. The normalized spacial score (nSPS) is 13.2. The van der Waals surface area contributed by atoms with E-state index in [1.165, 1.54) is 16.5 Å². The second-order valence-electron chi connectivity index (χ2n) is 8.13. The Morgan fingerprint density at radius 1 is 0.895 bits per heavy atom. The highest BCUT2D eigenvalue weighted by Gasteiger charge is 2.14. The minimum atomic E-state index is 0.316. The van der Waals surface area contributed by atoms with Gasteiger partial charge in [-0.1, -0.05) is 47.6 Å². The summed E-state index contributed by atoms with van der Waals surface area (Å²) in [6, 6.07) is 9.15. The molecule has 1 aromatic carbocycles. The fourth-order valence-electron chi connectivity index (χ4n) is 2.62. The lowest BCUT2D eigenvalue weighted by atomic mass is 9.88. The van der Waals surface area contributed by atoms with Crippen LogP contribution in [0.5, 0.6) is 0 Å². The topological polar surface area (TPSA) is 4.93 Å². The number of aromatic nitrogens is 1. The molecular weight excluding hydrogens is 230 g/mol. The van der Waals surface area contributed by atoms with E-state index in [-0.39, 0.29) is 0 Å². The molecule has 0 spiro atoms. The molecule has 1 heteroatoms. The third-order valence-corrected chi connectivity index (χ3v) is 3.21. The van der Waals surface area contributed by atoms with Crippen LogP contribution in [0.1, 0.15) is 47.1 Å². The Hall–Kier alpha value is -1.24. The van der Waals surface area contributed by atoms with E-state index in [0.717, 1.165) is 13.0 Å². The highest BCUT2D eigenvalue weighted by Crippen LogP contribution is 2.26. The van der Waals surface area contributed by atoms with Crippen molar-refractivity contribution in [2.45, 2.75) is 54.5 Å². The van der Waals surface area contributed by atoms with Gasteiger partial charge < -0.3 is 4.57 Å².